The van der Waals surface area contributed by atoms with Crippen molar-refractivity contribution in [2.24, 2.45) is 0 Å². The highest BCUT2D eigenvalue weighted by Gasteiger charge is 2.41. The fourth-order valence-corrected chi connectivity index (χ4v) is 3.99. The number of hydrogen-bond donors (Lipinski definition) is 4. The van der Waals surface area contributed by atoms with Gasteiger partial charge in [-0.05, 0) is 51.8 Å². The molecule has 6 nitrogen and oxygen atoms in total. The minimum absolute atomic E-state index is 0.0440. The molecule has 2 aromatic carbocycles. The van der Waals surface area contributed by atoms with E-state index in [1.54, 1.807) is 6.07 Å². The molecule has 1 aromatic heterocycles. The molecule has 4 N–H and O–H groups in total. The maximum absolute atomic E-state index is 10.9. The van der Waals surface area contributed by atoms with Gasteiger partial charge in [0.25, 0.3) is 0 Å². The van der Waals surface area contributed by atoms with Crippen LogP contribution in [0.2, 0.25) is 0 Å². The Labute approximate surface area is 174 Å². The first-order valence-corrected chi connectivity index (χ1v) is 9.98. The second kappa shape index (κ2) is 7.29. The van der Waals surface area contributed by atoms with E-state index in [4.69, 9.17) is 9.15 Å². The molecule has 0 amide bonds. The van der Waals surface area contributed by atoms with Crippen LogP contribution in [0.1, 0.15) is 39.2 Å². The molecular formula is C24H26O6. The Morgan fingerprint density at radius 2 is 1.80 bits per heavy atom. The number of fused-ring (bicyclic) bond motifs is 3. The first-order valence-electron chi connectivity index (χ1n) is 9.98. The van der Waals surface area contributed by atoms with Gasteiger partial charge in [-0.2, -0.15) is 0 Å². The molecule has 158 valence electrons. The van der Waals surface area contributed by atoms with Gasteiger partial charge in [-0.3, -0.25) is 0 Å². The molecule has 0 aliphatic carbocycles. The van der Waals surface area contributed by atoms with Crippen LogP contribution < -0.4 is 4.74 Å². The molecule has 2 unspecified atom stereocenters. The van der Waals surface area contributed by atoms with Crippen LogP contribution in [-0.4, -0.2) is 32.1 Å². The zero-order chi connectivity index (χ0) is 21.6. The van der Waals surface area contributed by atoms with E-state index in [0.29, 0.717) is 46.4 Å². The van der Waals surface area contributed by atoms with Crippen molar-refractivity contribution in [3.63, 3.8) is 0 Å². The zero-order valence-electron chi connectivity index (χ0n) is 17.3. The third-order valence-corrected chi connectivity index (χ3v) is 5.68. The lowest BCUT2D eigenvalue weighted by Gasteiger charge is -2.40. The maximum atomic E-state index is 10.9. The summed E-state index contributed by atoms with van der Waals surface area (Å²) in [5, 5.41) is 41.7. The topological polar surface area (TPSA) is 103 Å². The van der Waals surface area contributed by atoms with Crippen molar-refractivity contribution in [2.75, 3.05) is 0 Å². The molecule has 3 aromatic rings. The standard InChI is InChI=1S/C24H26O6/c1-13(2)5-4-6-24(3)22(28)11-18-17-10-20(14-7-15(25)9-16(26)8-14)29-21(17)12-19(27)23(18)30-24/h5,7-10,12,22,25-28H,4,6,11H2,1-3H3. The van der Waals surface area contributed by atoms with Crippen molar-refractivity contribution < 1.29 is 29.6 Å². The number of phenolic OH excluding ortho intramolecular Hbond substituents is 3. The van der Waals surface area contributed by atoms with Gasteiger partial charge in [0.2, 0.25) is 0 Å². The van der Waals surface area contributed by atoms with E-state index in [1.807, 2.05) is 20.8 Å². The minimum Gasteiger partial charge on any atom is -0.508 e. The Morgan fingerprint density at radius 1 is 1.10 bits per heavy atom. The second-order valence-electron chi connectivity index (χ2n) is 8.42. The summed E-state index contributed by atoms with van der Waals surface area (Å²) < 4.78 is 12.0. The van der Waals surface area contributed by atoms with E-state index >= 15 is 0 Å². The quantitative estimate of drug-likeness (QED) is 0.451. The van der Waals surface area contributed by atoms with Crippen molar-refractivity contribution in [1.29, 1.82) is 0 Å². The summed E-state index contributed by atoms with van der Waals surface area (Å²) >= 11 is 0. The average molecular weight is 410 g/mol. The van der Waals surface area contributed by atoms with Crippen LogP contribution in [0.4, 0.5) is 0 Å². The summed E-state index contributed by atoms with van der Waals surface area (Å²) in [6.07, 6.45) is 3.06. The van der Waals surface area contributed by atoms with Crippen LogP contribution in [0.15, 0.2) is 46.4 Å². The SMILES string of the molecule is CC(C)=CCCC1(C)Oc2c(O)cc3oc(-c4cc(O)cc(O)c4)cc3c2CC1O. The van der Waals surface area contributed by atoms with Crippen molar-refractivity contribution in [1.82, 2.24) is 0 Å². The summed E-state index contributed by atoms with van der Waals surface area (Å²) in [4.78, 5) is 0. The van der Waals surface area contributed by atoms with Crippen LogP contribution >= 0.6 is 0 Å². The minimum atomic E-state index is -0.812. The third-order valence-electron chi connectivity index (χ3n) is 5.68. The number of aliphatic hydroxyl groups is 1. The molecule has 0 radical (unpaired) electrons. The second-order valence-corrected chi connectivity index (χ2v) is 8.42. The smallest absolute Gasteiger partial charge is 0.166 e. The fourth-order valence-electron chi connectivity index (χ4n) is 3.99. The van der Waals surface area contributed by atoms with Crippen LogP contribution in [0.5, 0.6) is 23.0 Å². The predicted molar refractivity (Wildman–Crippen MR) is 114 cm³/mol. The normalized spacial score (nSPS) is 20.6. The van der Waals surface area contributed by atoms with E-state index in [9.17, 15) is 20.4 Å². The number of hydrogen-bond acceptors (Lipinski definition) is 6. The zero-order valence-corrected chi connectivity index (χ0v) is 17.3. The molecule has 2 atom stereocenters. The summed E-state index contributed by atoms with van der Waals surface area (Å²) in [6.45, 7) is 5.92. The van der Waals surface area contributed by atoms with Crippen molar-refractivity contribution in [3.05, 3.63) is 47.5 Å². The van der Waals surface area contributed by atoms with Crippen LogP contribution in [-0.2, 0) is 6.42 Å². The van der Waals surface area contributed by atoms with Crippen LogP contribution in [0, 0.1) is 0 Å². The van der Waals surface area contributed by atoms with E-state index in [1.165, 1.54) is 29.8 Å². The largest absolute Gasteiger partial charge is 0.508 e. The third kappa shape index (κ3) is 3.59. The number of rotatable bonds is 4. The number of aliphatic hydroxyl groups excluding tert-OH is 1. The van der Waals surface area contributed by atoms with E-state index in [0.717, 1.165) is 6.42 Å². The number of ether oxygens (including phenoxy) is 1. The van der Waals surface area contributed by atoms with Gasteiger partial charge in [0.15, 0.2) is 11.5 Å². The molecule has 2 heterocycles. The van der Waals surface area contributed by atoms with Gasteiger partial charge in [0.1, 0.15) is 28.4 Å². The lowest BCUT2D eigenvalue weighted by atomic mass is 9.84. The molecule has 1 aliphatic heterocycles. The lowest BCUT2D eigenvalue weighted by Crippen LogP contribution is -2.48. The molecule has 0 saturated carbocycles. The Morgan fingerprint density at radius 3 is 2.47 bits per heavy atom. The number of benzene rings is 2. The monoisotopic (exact) mass is 410 g/mol. The van der Waals surface area contributed by atoms with Gasteiger partial charge < -0.3 is 29.6 Å². The highest BCUT2D eigenvalue weighted by atomic mass is 16.5. The Kier molecular flexibility index (Phi) is 4.90. The summed E-state index contributed by atoms with van der Waals surface area (Å²) in [5.41, 5.74) is 2.01. The summed E-state index contributed by atoms with van der Waals surface area (Å²) in [5.74, 6) is 0.578. The first kappa shape index (κ1) is 20.2. The maximum Gasteiger partial charge on any atom is 0.166 e. The fraction of sp³-hybridized carbons (Fsp3) is 0.333. The molecule has 4 rings (SSSR count). The first-order chi connectivity index (χ1) is 14.2. The Hall–Kier alpha value is -3.12. The van der Waals surface area contributed by atoms with Gasteiger partial charge in [-0.1, -0.05) is 11.6 Å². The number of phenols is 3. The Balaban J connectivity index is 1.75. The van der Waals surface area contributed by atoms with Crippen LogP contribution in [0.25, 0.3) is 22.3 Å². The van der Waals surface area contributed by atoms with Crippen molar-refractivity contribution in [3.8, 4) is 34.3 Å². The highest BCUT2D eigenvalue weighted by molar-refractivity contribution is 5.90. The number of furan rings is 1. The molecule has 30 heavy (non-hydrogen) atoms. The number of allylic oxidation sites excluding steroid dienone is 2. The van der Waals surface area contributed by atoms with E-state index < -0.39 is 11.7 Å². The molecule has 0 bridgehead atoms. The van der Waals surface area contributed by atoms with Crippen LogP contribution in [0.3, 0.4) is 0 Å². The van der Waals surface area contributed by atoms with Gasteiger partial charge in [0.05, 0.1) is 6.10 Å². The van der Waals surface area contributed by atoms with Gasteiger partial charge in [-0.15, -0.1) is 0 Å². The predicted octanol–water partition coefficient (Wildman–Crippen LogP) is 5.02. The van der Waals surface area contributed by atoms with Gasteiger partial charge >= 0.3 is 0 Å². The van der Waals surface area contributed by atoms with Crippen molar-refractivity contribution >= 4 is 11.0 Å². The summed E-state index contributed by atoms with van der Waals surface area (Å²) in [7, 11) is 0. The van der Waals surface area contributed by atoms with Crippen molar-refractivity contribution in [2.45, 2.75) is 51.7 Å². The lowest BCUT2D eigenvalue weighted by molar-refractivity contribution is -0.0596. The number of aromatic hydroxyl groups is 3. The summed E-state index contributed by atoms with van der Waals surface area (Å²) in [6, 6.07) is 7.46. The highest BCUT2D eigenvalue weighted by Crippen LogP contribution is 2.47. The molecule has 0 spiro atoms. The molecule has 0 saturated heterocycles. The van der Waals surface area contributed by atoms with E-state index in [-0.39, 0.29) is 17.2 Å². The Bertz CT molecular complexity index is 1120. The molecular weight excluding hydrogens is 384 g/mol. The van der Waals surface area contributed by atoms with Gasteiger partial charge in [-0.25, -0.2) is 0 Å². The molecule has 0 fully saturated rings. The van der Waals surface area contributed by atoms with Gasteiger partial charge in [0, 0.05) is 35.1 Å². The van der Waals surface area contributed by atoms with E-state index in [2.05, 4.69) is 6.08 Å². The molecule has 6 heteroatoms. The average Bonchev–Trinajstić information content (AvgIpc) is 3.06. The molecule has 1 aliphatic rings.